The van der Waals surface area contributed by atoms with E-state index >= 15 is 0 Å². The van der Waals surface area contributed by atoms with Gasteiger partial charge in [0.15, 0.2) is 0 Å². The largest absolute Gasteiger partial charge is 0.396 e. The van der Waals surface area contributed by atoms with Crippen LogP contribution in [0.2, 0.25) is 0 Å². The Labute approximate surface area is 121 Å². The summed E-state index contributed by atoms with van der Waals surface area (Å²) in [6.07, 6.45) is 1.61. The first kappa shape index (κ1) is 17.4. The number of aliphatic hydroxyl groups is 1. The minimum atomic E-state index is -3.15. The van der Waals surface area contributed by atoms with Gasteiger partial charge in [-0.15, -0.1) is 0 Å². The Hall–Kier alpha value is -0.660. The fourth-order valence-corrected chi connectivity index (χ4v) is 3.49. The highest BCUT2D eigenvalue weighted by atomic mass is 32.2. The maximum Gasteiger partial charge on any atom is 0.223 e. The van der Waals surface area contributed by atoms with Crippen molar-refractivity contribution in [2.45, 2.75) is 45.6 Å². The van der Waals surface area contributed by atoms with E-state index in [1.807, 2.05) is 13.8 Å². The number of nitrogens with one attached hydrogen (secondary N) is 1. The molecular formula is C13H26N2O4S. The molecule has 118 valence electrons. The third kappa shape index (κ3) is 4.71. The Kier molecular flexibility index (Phi) is 5.97. The van der Waals surface area contributed by atoms with Gasteiger partial charge in [0.2, 0.25) is 15.9 Å². The summed E-state index contributed by atoms with van der Waals surface area (Å²) in [7, 11) is -3.15. The number of hydrogen-bond acceptors (Lipinski definition) is 4. The summed E-state index contributed by atoms with van der Waals surface area (Å²) in [5, 5.41) is 11.9. The molecule has 0 unspecified atom stereocenters. The summed E-state index contributed by atoms with van der Waals surface area (Å²) in [5.74, 6) is -0.0822. The quantitative estimate of drug-likeness (QED) is 0.740. The lowest BCUT2D eigenvalue weighted by Crippen LogP contribution is -2.49. The highest BCUT2D eigenvalue weighted by molar-refractivity contribution is 7.89. The smallest absolute Gasteiger partial charge is 0.223 e. The van der Waals surface area contributed by atoms with Gasteiger partial charge in [0.05, 0.1) is 5.75 Å². The topological polar surface area (TPSA) is 86.7 Å². The van der Waals surface area contributed by atoms with Gasteiger partial charge in [-0.3, -0.25) is 4.79 Å². The third-order valence-corrected chi connectivity index (χ3v) is 5.66. The van der Waals surface area contributed by atoms with Gasteiger partial charge in [0.1, 0.15) is 0 Å². The summed E-state index contributed by atoms with van der Waals surface area (Å²) in [5.41, 5.74) is -0.432. The zero-order chi connectivity index (χ0) is 15.4. The van der Waals surface area contributed by atoms with Gasteiger partial charge in [0.25, 0.3) is 0 Å². The van der Waals surface area contributed by atoms with Crippen LogP contribution >= 0.6 is 0 Å². The van der Waals surface area contributed by atoms with E-state index in [9.17, 15) is 13.2 Å². The molecule has 2 N–H and O–H groups in total. The Balaban J connectivity index is 2.51. The third-order valence-electron chi connectivity index (χ3n) is 3.78. The van der Waals surface area contributed by atoms with Gasteiger partial charge in [-0.1, -0.05) is 0 Å². The molecule has 0 aromatic heterocycles. The molecule has 1 aliphatic rings. The van der Waals surface area contributed by atoms with E-state index in [4.69, 9.17) is 5.11 Å². The molecule has 0 saturated carbocycles. The first-order valence-corrected chi connectivity index (χ1v) is 8.73. The Morgan fingerprint density at radius 2 is 1.90 bits per heavy atom. The lowest BCUT2D eigenvalue weighted by atomic mass is 9.94. The second-order valence-electron chi connectivity index (χ2n) is 5.92. The van der Waals surface area contributed by atoms with Crippen molar-refractivity contribution in [3.63, 3.8) is 0 Å². The molecule has 0 spiro atoms. The molecule has 0 aliphatic carbocycles. The molecule has 0 bridgehead atoms. The van der Waals surface area contributed by atoms with Crippen molar-refractivity contribution < 1.29 is 18.3 Å². The Morgan fingerprint density at radius 3 is 2.35 bits per heavy atom. The molecular weight excluding hydrogens is 280 g/mol. The minimum absolute atomic E-state index is 0.0282. The van der Waals surface area contributed by atoms with Gasteiger partial charge in [-0.2, -0.15) is 0 Å². The average molecular weight is 306 g/mol. The fourth-order valence-electron chi connectivity index (χ4n) is 2.36. The van der Waals surface area contributed by atoms with Crippen LogP contribution in [0.15, 0.2) is 0 Å². The number of sulfonamides is 1. The summed E-state index contributed by atoms with van der Waals surface area (Å²) in [4.78, 5) is 12.2. The summed E-state index contributed by atoms with van der Waals surface area (Å²) >= 11 is 0. The van der Waals surface area contributed by atoms with E-state index in [2.05, 4.69) is 5.32 Å². The van der Waals surface area contributed by atoms with E-state index in [0.717, 1.165) is 0 Å². The number of carbonyl (C=O) groups is 1. The van der Waals surface area contributed by atoms with Crippen molar-refractivity contribution >= 4 is 15.9 Å². The maximum atomic E-state index is 12.2. The Morgan fingerprint density at radius 1 is 1.35 bits per heavy atom. The zero-order valence-corrected chi connectivity index (χ0v) is 13.4. The van der Waals surface area contributed by atoms with Crippen LogP contribution in [0.5, 0.6) is 0 Å². The second kappa shape index (κ2) is 6.87. The standard InChI is InChI=1S/C13H26N2O4S/c1-4-20(18,19)15-8-5-11(6-9-15)12(17)14-13(2,3)7-10-16/h11,16H,4-10H2,1-3H3,(H,14,17). The summed E-state index contributed by atoms with van der Waals surface area (Å²) in [6.45, 7) is 6.23. The normalized spacial score (nSPS) is 19.0. The highest BCUT2D eigenvalue weighted by Gasteiger charge is 2.32. The summed E-state index contributed by atoms with van der Waals surface area (Å²) < 4.78 is 25.0. The van der Waals surface area contributed by atoms with Crippen molar-refractivity contribution in [3.8, 4) is 0 Å². The summed E-state index contributed by atoms with van der Waals surface area (Å²) in [6, 6.07) is 0. The van der Waals surface area contributed by atoms with Crippen LogP contribution < -0.4 is 5.32 Å². The molecule has 0 aromatic carbocycles. The van der Waals surface area contributed by atoms with Crippen LogP contribution in [-0.2, 0) is 14.8 Å². The van der Waals surface area contributed by atoms with E-state index in [-0.39, 0.29) is 24.2 Å². The molecule has 0 radical (unpaired) electrons. The average Bonchev–Trinajstić information content (AvgIpc) is 2.38. The van der Waals surface area contributed by atoms with E-state index in [1.165, 1.54) is 4.31 Å². The molecule has 1 rings (SSSR count). The SMILES string of the molecule is CCS(=O)(=O)N1CCC(C(=O)NC(C)(C)CCO)CC1. The number of aliphatic hydroxyl groups excluding tert-OH is 1. The lowest BCUT2D eigenvalue weighted by molar-refractivity contribution is -0.127. The lowest BCUT2D eigenvalue weighted by Gasteiger charge is -2.33. The van der Waals surface area contributed by atoms with Crippen molar-refractivity contribution in [1.29, 1.82) is 0 Å². The van der Waals surface area contributed by atoms with Crippen LogP contribution in [0.1, 0.15) is 40.0 Å². The van der Waals surface area contributed by atoms with Crippen LogP contribution in [0.25, 0.3) is 0 Å². The van der Waals surface area contributed by atoms with Crippen LogP contribution in [0.3, 0.4) is 0 Å². The van der Waals surface area contributed by atoms with Crippen molar-refractivity contribution in [2.75, 3.05) is 25.4 Å². The number of rotatable bonds is 6. The van der Waals surface area contributed by atoms with Crippen LogP contribution in [-0.4, -0.2) is 54.7 Å². The van der Waals surface area contributed by atoms with Gasteiger partial charge >= 0.3 is 0 Å². The van der Waals surface area contributed by atoms with Gasteiger partial charge < -0.3 is 10.4 Å². The molecule has 0 aromatic rings. The monoisotopic (exact) mass is 306 g/mol. The number of carbonyl (C=O) groups excluding carboxylic acids is 1. The van der Waals surface area contributed by atoms with E-state index < -0.39 is 15.6 Å². The molecule has 20 heavy (non-hydrogen) atoms. The molecule has 0 atom stereocenters. The molecule has 6 nitrogen and oxygen atoms in total. The maximum absolute atomic E-state index is 12.2. The first-order chi connectivity index (χ1) is 9.22. The van der Waals surface area contributed by atoms with E-state index in [1.54, 1.807) is 6.92 Å². The molecule has 7 heteroatoms. The first-order valence-electron chi connectivity index (χ1n) is 7.12. The zero-order valence-electron chi connectivity index (χ0n) is 12.6. The van der Waals surface area contributed by atoms with Crippen molar-refractivity contribution in [2.24, 2.45) is 5.92 Å². The van der Waals surface area contributed by atoms with Gasteiger partial charge in [0, 0.05) is 31.2 Å². The van der Waals surface area contributed by atoms with Crippen LogP contribution in [0, 0.1) is 5.92 Å². The molecule has 1 fully saturated rings. The minimum Gasteiger partial charge on any atom is -0.396 e. The highest BCUT2D eigenvalue weighted by Crippen LogP contribution is 2.21. The number of piperidine rings is 1. The molecule has 1 aliphatic heterocycles. The Bertz CT molecular complexity index is 426. The molecule has 1 heterocycles. The van der Waals surface area contributed by atoms with Crippen molar-refractivity contribution in [1.82, 2.24) is 9.62 Å². The van der Waals surface area contributed by atoms with Gasteiger partial charge in [-0.25, -0.2) is 12.7 Å². The van der Waals surface area contributed by atoms with Gasteiger partial charge in [-0.05, 0) is 40.0 Å². The predicted octanol–water partition coefficient (Wildman–Crippen LogP) is 0.325. The fraction of sp³-hybridized carbons (Fsp3) is 0.923. The predicted molar refractivity (Wildman–Crippen MR) is 77.7 cm³/mol. The molecule has 1 saturated heterocycles. The number of hydrogen-bond donors (Lipinski definition) is 2. The van der Waals surface area contributed by atoms with E-state index in [0.29, 0.717) is 32.4 Å². The van der Waals surface area contributed by atoms with Crippen molar-refractivity contribution in [3.05, 3.63) is 0 Å². The second-order valence-corrected chi connectivity index (χ2v) is 8.18. The van der Waals surface area contributed by atoms with Crippen LogP contribution in [0.4, 0.5) is 0 Å². The number of nitrogens with zero attached hydrogens (tertiary/aromatic N) is 1. The molecule has 1 amide bonds. The number of amides is 1.